The number of fused-ring (bicyclic) bond motifs is 2. The highest BCUT2D eigenvalue weighted by atomic mass is 16.3. The van der Waals surface area contributed by atoms with E-state index in [-0.39, 0.29) is 12.5 Å². The number of hydrogen-bond donors (Lipinski definition) is 1. The molecule has 0 amide bonds. The quantitative estimate of drug-likeness (QED) is 0.850. The fourth-order valence-corrected chi connectivity index (χ4v) is 3.09. The topological polar surface area (TPSA) is 20.2 Å². The Bertz CT molecular complexity index is 514. The summed E-state index contributed by atoms with van der Waals surface area (Å²) in [5.74, 6) is 0.587. The van der Waals surface area contributed by atoms with Crippen molar-refractivity contribution in [2.45, 2.75) is 19.3 Å². The first-order valence-corrected chi connectivity index (χ1v) is 6.57. The first-order chi connectivity index (χ1) is 8.81. The van der Waals surface area contributed by atoms with Crippen LogP contribution in [0.15, 0.2) is 48.5 Å². The molecule has 1 aliphatic carbocycles. The lowest BCUT2D eigenvalue weighted by atomic mass is 9.73. The van der Waals surface area contributed by atoms with Crippen LogP contribution >= 0.6 is 0 Å². The van der Waals surface area contributed by atoms with Crippen molar-refractivity contribution in [3.63, 3.8) is 0 Å². The molecule has 0 aliphatic heterocycles. The van der Waals surface area contributed by atoms with Crippen molar-refractivity contribution < 1.29 is 5.11 Å². The number of aliphatic hydroxyl groups excluding tert-OH is 1. The largest absolute Gasteiger partial charge is 0.396 e. The second-order valence-corrected chi connectivity index (χ2v) is 5.21. The van der Waals surface area contributed by atoms with Crippen LogP contribution in [-0.4, -0.2) is 11.7 Å². The van der Waals surface area contributed by atoms with E-state index in [1.165, 1.54) is 22.3 Å². The van der Waals surface area contributed by atoms with Gasteiger partial charge in [-0.2, -0.15) is 0 Å². The maximum Gasteiger partial charge on any atom is 0.0465 e. The predicted octanol–water partition coefficient (Wildman–Crippen LogP) is 3.35. The molecular weight excluding hydrogens is 220 g/mol. The van der Waals surface area contributed by atoms with Gasteiger partial charge in [-0.25, -0.2) is 0 Å². The highest BCUT2D eigenvalue weighted by Gasteiger charge is 2.28. The first kappa shape index (κ1) is 11.5. The number of benzene rings is 2. The predicted molar refractivity (Wildman–Crippen MR) is 73.8 cm³/mol. The molecule has 2 aromatic rings. The lowest BCUT2D eigenvalue weighted by Gasteiger charge is -2.32. The molecule has 0 aromatic heterocycles. The molecular formula is C17H18O. The summed E-state index contributed by atoms with van der Waals surface area (Å²) < 4.78 is 0. The van der Waals surface area contributed by atoms with Crippen molar-refractivity contribution in [3.8, 4) is 0 Å². The van der Waals surface area contributed by atoms with Crippen LogP contribution in [0.4, 0.5) is 0 Å². The fraction of sp³-hybridized carbons (Fsp3) is 0.294. The van der Waals surface area contributed by atoms with Crippen LogP contribution in [0.2, 0.25) is 0 Å². The van der Waals surface area contributed by atoms with E-state index in [4.69, 9.17) is 0 Å². The summed E-state index contributed by atoms with van der Waals surface area (Å²) in [6.07, 6.45) is 1.01. The van der Waals surface area contributed by atoms with Gasteiger partial charge in [-0.05, 0) is 34.6 Å². The Hall–Kier alpha value is -1.60. The van der Waals surface area contributed by atoms with Gasteiger partial charge in [-0.3, -0.25) is 0 Å². The van der Waals surface area contributed by atoms with Crippen LogP contribution in [0.25, 0.3) is 0 Å². The third kappa shape index (κ3) is 1.75. The van der Waals surface area contributed by atoms with E-state index in [1.807, 2.05) is 0 Å². The van der Waals surface area contributed by atoms with E-state index in [0.717, 1.165) is 6.42 Å². The number of rotatable bonds is 2. The second kappa shape index (κ2) is 4.58. The molecule has 0 fully saturated rings. The Labute approximate surface area is 108 Å². The molecule has 1 nitrogen and oxygen atoms in total. The van der Waals surface area contributed by atoms with Gasteiger partial charge in [-0.15, -0.1) is 0 Å². The average Bonchev–Trinajstić information content (AvgIpc) is 2.44. The van der Waals surface area contributed by atoms with Crippen molar-refractivity contribution in [3.05, 3.63) is 70.8 Å². The molecule has 0 heterocycles. The van der Waals surface area contributed by atoms with Crippen LogP contribution in [0.1, 0.15) is 35.1 Å². The molecule has 0 spiro atoms. The van der Waals surface area contributed by atoms with Gasteiger partial charge in [0, 0.05) is 12.5 Å². The van der Waals surface area contributed by atoms with Crippen LogP contribution in [0, 0.1) is 5.92 Å². The first-order valence-electron chi connectivity index (χ1n) is 6.57. The SMILES string of the molecule is C[C@@H](CO)C1c2ccccc2Cc2ccccc21. The fourth-order valence-electron chi connectivity index (χ4n) is 3.09. The van der Waals surface area contributed by atoms with Crippen molar-refractivity contribution in [2.75, 3.05) is 6.61 Å². The zero-order chi connectivity index (χ0) is 12.5. The Kier molecular flexibility index (Phi) is 2.92. The van der Waals surface area contributed by atoms with E-state index < -0.39 is 0 Å². The lowest BCUT2D eigenvalue weighted by Crippen LogP contribution is -2.21. The minimum absolute atomic E-state index is 0.229. The molecule has 3 rings (SSSR count). The van der Waals surface area contributed by atoms with Gasteiger partial charge in [0.2, 0.25) is 0 Å². The van der Waals surface area contributed by atoms with Gasteiger partial charge in [-0.1, -0.05) is 55.5 Å². The minimum Gasteiger partial charge on any atom is -0.396 e. The summed E-state index contributed by atoms with van der Waals surface area (Å²) in [6.45, 7) is 2.36. The molecule has 1 heteroatoms. The van der Waals surface area contributed by atoms with E-state index in [1.54, 1.807) is 0 Å². The van der Waals surface area contributed by atoms with Crippen molar-refractivity contribution in [1.29, 1.82) is 0 Å². The molecule has 0 saturated carbocycles. The van der Waals surface area contributed by atoms with Crippen molar-refractivity contribution >= 4 is 0 Å². The van der Waals surface area contributed by atoms with Gasteiger partial charge in [0.1, 0.15) is 0 Å². The molecule has 1 aliphatic rings. The maximum atomic E-state index is 9.54. The Morgan fingerprint density at radius 3 is 2.00 bits per heavy atom. The monoisotopic (exact) mass is 238 g/mol. The van der Waals surface area contributed by atoms with Gasteiger partial charge < -0.3 is 5.11 Å². The lowest BCUT2D eigenvalue weighted by molar-refractivity contribution is 0.224. The zero-order valence-corrected chi connectivity index (χ0v) is 10.6. The Balaban J connectivity index is 2.17. The zero-order valence-electron chi connectivity index (χ0n) is 10.6. The average molecular weight is 238 g/mol. The van der Waals surface area contributed by atoms with Gasteiger partial charge in [0.05, 0.1) is 0 Å². The highest BCUT2D eigenvalue weighted by molar-refractivity contribution is 5.49. The third-order valence-corrected chi connectivity index (χ3v) is 4.02. The summed E-state index contributed by atoms with van der Waals surface area (Å²) in [5.41, 5.74) is 5.58. The van der Waals surface area contributed by atoms with Crippen molar-refractivity contribution in [2.24, 2.45) is 5.92 Å². The summed E-state index contributed by atoms with van der Waals surface area (Å²) in [4.78, 5) is 0. The van der Waals surface area contributed by atoms with Crippen LogP contribution in [0.3, 0.4) is 0 Å². The number of hydrogen-bond acceptors (Lipinski definition) is 1. The Morgan fingerprint density at radius 1 is 1.00 bits per heavy atom. The van der Waals surface area contributed by atoms with Crippen LogP contribution in [-0.2, 0) is 6.42 Å². The normalized spacial score (nSPS) is 15.9. The minimum atomic E-state index is 0.229. The van der Waals surface area contributed by atoms with E-state index >= 15 is 0 Å². The summed E-state index contributed by atoms with van der Waals surface area (Å²) in [6, 6.07) is 17.3. The molecule has 0 radical (unpaired) electrons. The molecule has 0 saturated heterocycles. The molecule has 0 unspecified atom stereocenters. The van der Waals surface area contributed by atoms with Crippen LogP contribution < -0.4 is 0 Å². The van der Waals surface area contributed by atoms with Crippen LogP contribution in [0.5, 0.6) is 0 Å². The van der Waals surface area contributed by atoms with Crippen molar-refractivity contribution in [1.82, 2.24) is 0 Å². The second-order valence-electron chi connectivity index (χ2n) is 5.21. The van der Waals surface area contributed by atoms with Gasteiger partial charge in [0.15, 0.2) is 0 Å². The Morgan fingerprint density at radius 2 is 1.50 bits per heavy atom. The highest BCUT2D eigenvalue weighted by Crippen LogP contribution is 2.40. The van der Waals surface area contributed by atoms with E-state index in [2.05, 4.69) is 55.5 Å². The molecule has 92 valence electrons. The van der Waals surface area contributed by atoms with Gasteiger partial charge >= 0.3 is 0 Å². The maximum absolute atomic E-state index is 9.54. The molecule has 2 aromatic carbocycles. The van der Waals surface area contributed by atoms with E-state index in [0.29, 0.717) is 5.92 Å². The molecule has 1 N–H and O–H groups in total. The number of aliphatic hydroxyl groups is 1. The summed E-state index contributed by atoms with van der Waals surface area (Å²) >= 11 is 0. The standard InChI is InChI=1S/C17H18O/c1-12(11-18)17-15-8-4-2-6-13(15)10-14-7-3-5-9-16(14)17/h2-9,12,17-18H,10-11H2,1H3/t12-/m0/s1. The van der Waals surface area contributed by atoms with E-state index in [9.17, 15) is 5.11 Å². The summed E-state index contributed by atoms with van der Waals surface area (Å²) in [5, 5.41) is 9.54. The third-order valence-electron chi connectivity index (χ3n) is 4.02. The summed E-state index contributed by atoms with van der Waals surface area (Å²) in [7, 11) is 0. The van der Waals surface area contributed by atoms with Gasteiger partial charge in [0.25, 0.3) is 0 Å². The molecule has 1 atom stereocenters. The molecule has 18 heavy (non-hydrogen) atoms. The smallest absolute Gasteiger partial charge is 0.0465 e. The molecule has 0 bridgehead atoms.